The molecule has 0 aromatic heterocycles. The molecule has 6 N–H and O–H groups in total. The number of hydrogen-bond donors (Lipinski definition) is 6. The lowest BCUT2D eigenvalue weighted by atomic mass is 9.99. The van der Waals surface area contributed by atoms with Gasteiger partial charge in [-0.2, -0.15) is 0 Å². The Balaban J connectivity index is 2.15. The Morgan fingerprint density at radius 2 is 0.891 bits per heavy atom. The summed E-state index contributed by atoms with van der Waals surface area (Å²) in [6.45, 7) is 3.76. The predicted octanol–water partition coefficient (Wildman–Crippen LogP) is 13.0. The van der Waals surface area contributed by atoms with Crippen molar-refractivity contribution in [2.45, 2.75) is 307 Å². The van der Waals surface area contributed by atoms with E-state index in [0.717, 1.165) is 38.5 Å². The van der Waals surface area contributed by atoms with Crippen LogP contribution in [-0.2, 0) is 14.3 Å². The smallest absolute Gasteiger partial charge is 0.220 e. The van der Waals surface area contributed by atoms with Gasteiger partial charge in [-0.15, -0.1) is 0 Å². The predicted molar refractivity (Wildman–Crippen MR) is 267 cm³/mol. The molecule has 0 aromatic carbocycles. The second-order valence-electron chi connectivity index (χ2n) is 19.4. The quantitative estimate of drug-likeness (QED) is 0.0261. The van der Waals surface area contributed by atoms with E-state index in [-0.39, 0.29) is 12.5 Å². The van der Waals surface area contributed by atoms with Gasteiger partial charge in [-0.05, 0) is 32.1 Å². The van der Waals surface area contributed by atoms with Gasteiger partial charge in [0.1, 0.15) is 24.4 Å². The molecule has 0 saturated carbocycles. The zero-order valence-corrected chi connectivity index (χ0v) is 41.8. The Hall–Kier alpha value is -1.33. The molecule has 1 fully saturated rings. The molecule has 1 aliphatic heterocycles. The Morgan fingerprint density at radius 1 is 0.516 bits per heavy atom. The van der Waals surface area contributed by atoms with E-state index in [1.807, 2.05) is 6.08 Å². The highest BCUT2D eigenvalue weighted by atomic mass is 16.7. The lowest BCUT2D eigenvalue weighted by Crippen LogP contribution is -2.60. The molecule has 0 bridgehead atoms. The molecule has 9 nitrogen and oxygen atoms in total. The van der Waals surface area contributed by atoms with E-state index in [2.05, 4.69) is 31.3 Å². The van der Waals surface area contributed by atoms with Gasteiger partial charge >= 0.3 is 0 Å². The fraction of sp³-hybridized carbons (Fsp3) is 0.909. The third-order valence-corrected chi connectivity index (χ3v) is 13.3. The van der Waals surface area contributed by atoms with Gasteiger partial charge in [0.15, 0.2) is 6.29 Å². The van der Waals surface area contributed by atoms with Crippen LogP contribution in [0.1, 0.15) is 264 Å². The van der Waals surface area contributed by atoms with Crippen molar-refractivity contribution in [3.05, 3.63) is 24.3 Å². The fourth-order valence-corrected chi connectivity index (χ4v) is 8.88. The van der Waals surface area contributed by atoms with Crippen LogP contribution in [-0.4, -0.2) is 87.5 Å². The zero-order chi connectivity index (χ0) is 46.6. The SMILES string of the molecule is CCCCCCCCCCCCCCCCCCCCCCCCCCC/C=C/CC/C=C/C(O)C(COC1OC(CO)C(O)C(O)C1O)NC(=O)CCCCCCCCCCCC. The monoisotopic (exact) mass is 908 g/mol. The van der Waals surface area contributed by atoms with Crippen molar-refractivity contribution in [2.75, 3.05) is 13.2 Å². The number of carbonyl (C=O) groups is 1. The first kappa shape index (κ1) is 60.7. The minimum absolute atomic E-state index is 0.187. The molecule has 0 aromatic rings. The molecule has 0 spiro atoms. The highest BCUT2D eigenvalue weighted by molar-refractivity contribution is 5.76. The molecule has 0 radical (unpaired) electrons. The van der Waals surface area contributed by atoms with Gasteiger partial charge in [-0.25, -0.2) is 0 Å². The maximum absolute atomic E-state index is 12.9. The lowest BCUT2D eigenvalue weighted by Gasteiger charge is -2.40. The van der Waals surface area contributed by atoms with E-state index >= 15 is 0 Å². The molecule has 1 amide bonds. The van der Waals surface area contributed by atoms with E-state index in [4.69, 9.17) is 9.47 Å². The topological polar surface area (TPSA) is 149 Å². The summed E-state index contributed by atoms with van der Waals surface area (Å²) in [5.74, 6) is -0.187. The second-order valence-corrected chi connectivity index (χ2v) is 19.4. The minimum Gasteiger partial charge on any atom is -0.394 e. The van der Waals surface area contributed by atoms with E-state index < -0.39 is 49.5 Å². The van der Waals surface area contributed by atoms with Crippen molar-refractivity contribution in [1.82, 2.24) is 5.32 Å². The van der Waals surface area contributed by atoms with Crippen LogP contribution in [0.25, 0.3) is 0 Å². The first-order chi connectivity index (χ1) is 31.3. The van der Waals surface area contributed by atoms with Crippen molar-refractivity contribution in [3.63, 3.8) is 0 Å². The number of aliphatic hydroxyl groups is 5. The van der Waals surface area contributed by atoms with Crippen molar-refractivity contribution in [2.24, 2.45) is 0 Å². The van der Waals surface area contributed by atoms with Crippen LogP contribution in [0, 0.1) is 0 Å². The molecule has 7 atom stereocenters. The molecule has 1 rings (SSSR count). The summed E-state index contributed by atoms with van der Waals surface area (Å²) in [4.78, 5) is 12.9. The van der Waals surface area contributed by atoms with Gasteiger partial charge < -0.3 is 40.3 Å². The molecule has 0 aliphatic carbocycles. The summed E-state index contributed by atoms with van der Waals surface area (Å²) >= 11 is 0. The van der Waals surface area contributed by atoms with Crippen LogP contribution in [0.3, 0.4) is 0 Å². The molecule has 9 heteroatoms. The first-order valence-electron chi connectivity index (χ1n) is 27.6. The van der Waals surface area contributed by atoms with Crippen LogP contribution in [0.4, 0.5) is 0 Å². The van der Waals surface area contributed by atoms with E-state index in [1.165, 1.54) is 205 Å². The summed E-state index contributed by atoms with van der Waals surface area (Å²) in [6, 6.07) is -0.816. The summed E-state index contributed by atoms with van der Waals surface area (Å²) < 4.78 is 11.2. The van der Waals surface area contributed by atoms with Crippen molar-refractivity contribution < 1.29 is 39.8 Å². The number of amides is 1. The summed E-state index contributed by atoms with van der Waals surface area (Å²) in [7, 11) is 0. The molecule has 64 heavy (non-hydrogen) atoms. The second kappa shape index (κ2) is 45.5. The van der Waals surface area contributed by atoms with Crippen molar-refractivity contribution >= 4 is 5.91 Å². The van der Waals surface area contributed by atoms with Crippen LogP contribution in [0.5, 0.6) is 0 Å². The zero-order valence-electron chi connectivity index (χ0n) is 41.8. The van der Waals surface area contributed by atoms with Crippen molar-refractivity contribution in [1.29, 1.82) is 0 Å². The summed E-state index contributed by atoms with van der Waals surface area (Å²) in [5, 5.41) is 54.2. The average Bonchev–Trinajstić information content (AvgIpc) is 3.29. The minimum atomic E-state index is -1.57. The van der Waals surface area contributed by atoms with Gasteiger partial charge in [-0.3, -0.25) is 4.79 Å². The summed E-state index contributed by atoms with van der Waals surface area (Å²) in [6.07, 6.45) is 49.9. The van der Waals surface area contributed by atoms with Gasteiger partial charge in [-0.1, -0.05) is 250 Å². The Kier molecular flexibility index (Phi) is 43.1. The maximum atomic E-state index is 12.9. The first-order valence-corrected chi connectivity index (χ1v) is 27.6. The summed E-state index contributed by atoms with van der Waals surface area (Å²) in [5.41, 5.74) is 0. The van der Waals surface area contributed by atoms with E-state index in [9.17, 15) is 30.3 Å². The standard InChI is InChI=1S/C55H105NO8/c1-3-5-7-9-11-13-15-16-17-18-19-20-21-22-23-24-25-26-27-28-29-30-31-32-33-34-35-36-38-40-42-44-49(58)48(47-63-55-54(62)53(61)52(60)50(46-57)64-55)56-51(59)45-43-41-39-37-14-12-10-8-6-4-2/h35-36,42,44,48-50,52-55,57-58,60-62H,3-34,37-41,43,45-47H2,1-2H3,(H,56,59)/b36-35+,44-42+. The molecule has 1 aliphatic rings. The number of ether oxygens (including phenoxy) is 2. The Labute approximate surface area is 394 Å². The van der Waals surface area contributed by atoms with Gasteiger partial charge in [0.05, 0.1) is 25.4 Å². The fourth-order valence-electron chi connectivity index (χ4n) is 8.88. The molecular formula is C55H105NO8. The van der Waals surface area contributed by atoms with Gasteiger partial charge in [0.25, 0.3) is 0 Å². The molecule has 1 saturated heterocycles. The van der Waals surface area contributed by atoms with E-state index in [1.54, 1.807) is 6.08 Å². The lowest BCUT2D eigenvalue weighted by molar-refractivity contribution is -0.302. The third kappa shape index (κ3) is 34.9. The number of rotatable bonds is 47. The normalized spacial score (nSPS) is 20.1. The van der Waals surface area contributed by atoms with Crippen LogP contribution >= 0.6 is 0 Å². The van der Waals surface area contributed by atoms with Crippen molar-refractivity contribution in [3.8, 4) is 0 Å². The number of nitrogens with one attached hydrogen (secondary N) is 1. The highest BCUT2D eigenvalue weighted by Gasteiger charge is 2.44. The third-order valence-electron chi connectivity index (χ3n) is 13.3. The maximum Gasteiger partial charge on any atom is 0.220 e. The molecule has 378 valence electrons. The number of hydrogen-bond acceptors (Lipinski definition) is 8. The van der Waals surface area contributed by atoms with Crippen LogP contribution in [0.15, 0.2) is 24.3 Å². The Bertz CT molecular complexity index is 1060. The van der Waals surface area contributed by atoms with E-state index in [0.29, 0.717) is 6.42 Å². The molecule has 7 unspecified atom stereocenters. The largest absolute Gasteiger partial charge is 0.394 e. The number of aliphatic hydroxyl groups excluding tert-OH is 5. The van der Waals surface area contributed by atoms with Crippen LogP contribution in [0.2, 0.25) is 0 Å². The average molecular weight is 908 g/mol. The number of allylic oxidation sites excluding steroid dienone is 3. The highest BCUT2D eigenvalue weighted by Crippen LogP contribution is 2.23. The van der Waals surface area contributed by atoms with Crippen LogP contribution < -0.4 is 5.32 Å². The number of unbranched alkanes of at least 4 members (excludes halogenated alkanes) is 35. The Morgan fingerprint density at radius 3 is 1.31 bits per heavy atom. The molecular weight excluding hydrogens is 803 g/mol. The number of carbonyl (C=O) groups excluding carboxylic acids is 1. The molecule has 1 heterocycles. The van der Waals surface area contributed by atoms with Gasteiger partial charge in [0, 0.05) is 6.42 Å². The van der Waals surface area contributed by atoms with Gasteiger partial charge in [0.2, 0.25) is 5.91 Å².